The topological polar surface area (TPSA) is 38.0 Å². The summed E-state index contributed by atoms with van der Waals surface area (Å²) in [6.45, 7) is -0.552. The third kappa shape index (κ3) is 3.59. The Labute approximate surface area is 92.6 Å². The van der Waals surface area contributed by atoms with E-state index in [1.54, 1.807) is 0 Å². The monoisotopic (exact) mass is 242 g/mol. The SMILES string of the molecule is NCC1CCCCC1NCC(F)(F)C(F)F. The van der Waals surface area contributed by atoms with Crippen molar-refractivity contribution in [3.63, 3.8) is 0 Å². The van der Waals surface area contributed by atoms with Crippen molar-refractivity contribution in [1.82, 2.24) is 5.32 Å². The van der Waals surface area contributed by atoms with Crippen molar-refractivity contribution in [2.45, 2.75) is 44.1 Å². The van der Waals surface area contributed by atoms with Crippen molar-refractivity contribution < 1.29 is 17.6 Å². The zero-order valence-corrected chi connectivity index (χ0v) is 9.06. The van der Waals surface area contributed by atoms with Gasteiger partial charge in [-0.2, -0.15) is 8.78 Å². The van der Waals surface area contributed by atoms with Crippen LogP contribution < -0.4 is 11.1 Å². The van der Waals surface area contributed by atoms with E-state index in [1.165, 1.54) is 0 Å². The average Bonchev–Trinajstić information content (AvgIpc) is 2.26. The maximum Gasteiger partial charge on any atom is 0.319 e. The number of nitrogens with one attached hydrogen (secondary N) is 1. The van der Waals surface area contributed by atoms with Gasteiger partial charge in [-0.15, -0.1) is 0 Å². The first-order valence-corrected chi connectivity index (χ1v) is 5.57. The van der Waals surface area contributed by atoms with Crippen LogP contribution in [0.2, 0.25) is 0 Å². The minimum atomic E-state index is -3.95. The van der Waals surface area contributed by atoms with Crippen molar-refractivity contribution in [2.24, 2.45) is 11.7 Å². The molecule has 2 unspecified atom stereocenters. The maximum absolute atomic E-state index is 12.7. The molecule has 6 heteroatoms. The lowest BCUT2D eigenvalue weighted by Gasteiger charge is -2.32. The summed E-state index contributed by atoms with van der Waals surface area (Å²) < 4.78 is 49.2. The average molecular weight is 242 g/mol. The van der Waals surface area contributed by atoms with E-state index in [0.717, 1.165) is 25.7 Å². The molecule has 96 valence electrons. The number of hydrogen-bond acceptors (Lipinski definition) is 2. The molecule has 16 heavy (non-hydrogen) atoms. The van der Waals surface area contributed by atoms with E-state index in [1.807, 2.05) is 0 Å². The molecule has 0 aromatic carbocycles. The molecule has 2 atom stereocenters. The first-order valence-electron chi connectivity index (χ1n) is 5.57. The van der Waals surface area contributed by atoms with Gasteiger partial charge in [0.1, 0.15) is 0 Å². The molecule has 0 spiro atoms. The van der Waals surface area contributed by atoms with Crippen LogP contribution in [0, 0.1) is 5.92 Å². The molecule has 3 N–H and O–H groups in total. The van der Waals surface area contributed by atoms with Gasteiger partial charge in [0.2, 0.25) is 0 Å². The molecule has 0 aliphatic heterocycles. The molecule has 0 radical (unpaired) electrons. The Balaban J connectivity index is 2.40. The second kappa shape index (κ2) is 5.82. The van der Waals surface area contributed by atoms with E-state index in [-0.39, 0.29) is 12.0 Å². The van der Waals surface area contributed by atoms with E-state index < -0.39 is 18.9 Å². The zero-order valence-electron chi connectivity index (χ0n) is 9.06. The normalized spacial score (nSPS) is 27.4. The van der Waals surface area contributed by atoms with Crippen molar-refractivity contribution in [3.8, 4) is 0 Å². The largest absolute Gasteiger partial charge is 0.330 e. The lowest BCUT2D eigenvalue weighted by atomic mass is 9.84. The number of hydrogen-bond donors (Lipinski definition) is 2. The zero-order chi connectivity index (χ0) is 12.2. The molecule has 0 aromatic heterocycles. The van der Waals surface area contributed by atoms with Crippen LogP contribution in [0.25, 0.3) is 0 Å². The van der Waals surface area contributed by atoms with Gasteiger partial charge in [0.25, 0.3) is 0 Å². The lowest BCUT2D eigenvalue weighted by Crippen LogP contribution is -2.48. The van der Waals surface area contributed by atoms with Crippen molar-refractivity contribution in [2.75, 3.05) is 13.1 Å². The van der Waals surface area contributed by atoms with Crippen LogP contribution in [0.3, 0.4) is 0 Å². The Morgan fingerprint density at radius 3 is 2.44 bits per heavy atom. The highest BCUT2D eigenvalue weighted by molar-refractivity contribution is 4.84. The fraction of sp³-hybridized carbons (Fsp3) is 1.00. The quantitative estimate of drug-likeness (QED) is 0.724. The highest BCUT2D eigenvalue weighted by Gasteiger charge is 2.41. The second-order valence-electron chi connectivity index (χ2n) is 4.33. The predicted molar refractivity (Wildman–Crippen MR) is 53.8 cm³/mol. The first kappa shape index (κ1) is 13.7. The van der Waals surface area contributed by atoms with Crippen LogP contribution in [0.4, 0.5) is 17.6 Å². The van der Waals surface area contributed by atoms with E-state index in [4.69, 9.17) is 5.73 Å². The standard InChI is InChI=1S/C10H18F4N2/c11-9(12)10(13,14)6-16-8-4-2-1-3-7(8)5-15/h7-9,16H,1-6,15H2. The molecular formula is C10H18F4N2. The van der Waals surface area contributed by atoms with Gasteiger partial charge in [-0.25, -0.2) is 8.78 Å². The van der Waals surface area contributed by atoms with E-state index in [2.05, 4.69) is 5.32 Å². The third-order valence-electron chi connectivity index (χ3n) is 3.13. The number of halogens is 4. The van der Waals surface area contributed by atoms with Gasteiger partial charge in [-0.1, -0.05) is 12.8 Å². The smallest absolute Gasteiger partial charge is 0.319 e. The lowest BCUT2D eigenvalue weighted by molar-refractivity contribution is -0.127. The predicted octanol–water partition coefficient (Wildman–Crippen LogP) is 1.99. The minimum absolute atomic E-state index is 0.127. The van der Waals surface area contributed by atoms with Crippen LogP contribution >= 0.6 is 0 Å². The van der Waals surface area contributed by atoms with E-state index >= 15 is 0 Å². The van der Waals surface area contributed by atoms with Crippen LogP contribution in [0.5, 0.6) is 0 Å². The van der Waals surface area contributed by atoms with Gasteiger partial charge in [0.05, 0.1) is 6.54 Å². The highest BCUT2D eigenvalue weighted by Crippen LogP contribution is 2.26. The number of alkyl halides is 4. The molecule has 0 bridgehead atoms. The first-order chi connectivity index (χ1) is 7.47. The Hall–Kier alpha value is -0.360. The van der Waals surface area contributed by atoms with Gasteiger partial charge < -0.3 is 11.1 Å². The summed E-state index contributed by atoms with van der Waals surface area (Å²) in [4.78, 5) is 0. The van der Waals surface area contributed by atoms with Gasteiger partial charge in [-0.3, -0.25) is 0 Å². The Morgan fingerprint density at radius 1 is 1.25 bits per heavy atom. The third-order valence-corrected chi connectivity index (χ3v) is 3.13. The molecule has 0 heterocycles. The van der Waals surface area contributed by atoms with Crippen molar-refractivity contribution in [3.05, 3.63) is 0 Å². The second-order valence-corrected chi connectivity index (χ2v) is 4.33. The fourth-order valence-corrected chi connectivity index (χ4v) is 2.10. The molecule has 0 saturated heterocycles. The Bertz CT molecular complexity index is 211. The van der Waals surface area contributed by atoms with Crippen molar-refractivity contribution >= 4 is 0 Å². The molecule has 1 rings (SSSR count). The molecule has 1 aliphatic rings. The fourth-order valence-electron chi connectivity index (χ4n) is 2.10. The molecule has 2 nitrogen and oxygen atoms in total. The van der Waals surface area contributed by atoms with Crippen molar-refractivity contribution in [1.29, 1.82) is 0 Å². The molecule has 0 aromatic rings. The maximum atomic E-state index is 12.7. The van der Waals surface area contributed by atoms with Crippen LogP contribution in [-0.2, 0) is 0 Å². The van der Waals surface area contributed by atoms with Gasteiger partial charge in [0, 0.05) is 6.04 Å². The molecule has 1 fully saturated rings. The van der Waals surface area contributed by atoms with Gasteiger partial charge in [-0.05, 0) is 25.3 Å². The Morgan fingerprint density at radius 2 is 1.88 bits per heavy atom. The number of nitrogens with two attached hydrogens (primary N) is 1. The summed E-state index contributed by atoms with van der Waals surface area (Å²) >= 11 is 0. The van der Waals surface area contributed by atoms with E-state index in [0.29, 0.717) is 6.54 Å². The summed E-state index contributed by atoms with van der Waals surface area (Å²) in [5, 5.41) is 2.53. The van der Waals surface area contributed by atoms with Crippen LogP contribution in [-0.4, -0.2) is 31.5 Å². The molecule has 0 amide bonds. The minimum Gasteiger partial charge on any atom is -0.330 e. The molecule has 1 saturated carbocycles. The summed E-state index contributed by atoms with van der Waals surface area (Å²) in [5.74, 6) is -3.82. The Kier molecular flexibility index (Phi) is 4.98. The van der Waals surface area contributed by atoms with E-state index in [9.17, 15) is 17.6 Å². The molecule has 1 aliphatic carbocycles. The van der Waals surface area contributed by atoms with Crippen LogP contribution in [0.1, 0.15) is 25.7 Å². The van der Waals surface area contributed by atoms with Gasteiger partial charge in [0.15, 0.2) is 0 Å². The summed E-state index contributed by atoms with van der Waals surface area (Å²) in [7, 11) is 0. The van der Waals surface area contributed by atoms with Crippen LogP contribution in [0.15, 0.2) is 0 Å². The van der Waals surface area contributed by atoms with Gasteiger partial charge >= 0.3 is 12.3 Å². The summed E-state index contributed by atoms with van der Waals surface area (Å²) in [6, 6.07) is -0.150. The summed E-state index contributed by atoms with van der Waals surface area (Å²) in [5.41, 5.74) is 5.52. The number of rotatable bonds is 5. The summed E-state index contributed by atoms with van der Waals surface area (Å²) in [6.07, 6.45) is -0.0186. The highest BCUT2D eigenvalue weighted by atomic mass is 19.3. The molecular weight excluding hydrogens is 224 g/mol.